The van der Waals surface area contributed by atoms with Crippen molar-refractivity contribution in [3.05, 3.63) is 0 Å². The van der Waals surface area contributed by atoms with Crippen LogP contribution in [0.1, 0.15) is 51.9 Å². The molecule has 18 heavy (non-hydrogen) atoms. The summed E-state index contributed by atoms with van der Waals surface area (Å²) in [6, 6.07) is 0. The highest BCUT2D eigenvalue weighted by atomic mass is 16.5. The summed E-state index contributed by atoms with van der Waals surface area (Å²) in [7, 11) is 0. The molecule has 0 aromatic carbocycles. The number of hydrogen-bond acceptors (Lipinski definition) is 3. The summed E-state index contributed by atoms with van der Waals surface area (Å²) in [4.78, 5) is 11.4. The van der Waals surface area contributed by atoms with Crippen LogP contribution in [-0.2, 0) is 9.53 Å². The van der Waals surface area contributed by atoms with E-state index in [-0.39, 0.29) is 5.91 Å². The molecular formula is C14H28N2O2. The average molecular weight is 256 g/mol. The SMILES string of the molecule is CCCNCC(=O)NCCCOC1CCCCC1. The number of carbonyl (C=O) groups excluding carboxylic acids is 1. The fraction of sp³-hybridized carbons (Fsp3) is 0.929. The Hall–Kier alpha value is -0.610. The van der Waals surface area contributed by atoms with Crippen molar-refractivity contribution in [1.29, 1.82) is 0 Å². The molecule has 0 aliphatic heterocycles. The van der Waals surface area contributed by atoms with Gasteiger partial charge in [0, 0.05) is 13.2 Å². The Bertz CT molecular complexity index is 216. The van der Waals surface area contributed by atoms with Crippen LogP contribution in [-0.4, -0.2) is 38.3 Å². The Morgan fingerprint density at radius 2 is 2.00 bits per heavy atom. The van der Waals surface area contributed by atoms with Gasteiger partial charge in [-0.3, -0.25) is 4.79 Å². The summed E-state index contributed by atoms with van der Waals surface area (Å²) in [5.41, 5.74) is 0. The molecular weight excluding hydrogens is 228 g/mol. The molecule has 0 saturated heterocycles. The molecule has 1 saturated carbocycles. The minimum Gasteiger partial charge on any atom is -0.378 e. The van der Waals surface area contributed by atoms with Crippen molar-refractivity contribution in [2.24, 2.45) is 0 Å². The maximum atomic E-state index is 11.4. The lowest BCUT2D eigenvalue weighted by Gasteiger charge is -2.21. The van der Waals surface area contributed by atoms with E-state index in [1.807, 2.05) is 0 Å². The van der Waals surface area contributed by atoms with Crippen LogP contribution in [0.4, 0.5) is 0 Å². The topological polar surface area (TPSA) is 50.4 Å². The van der Waals surface area contributed by atoms with Gasteiger partial charge in [0.05, 0.1) is 12.6 Å². The molecule has 4 nitrogen and oxygen atoms in total. The van der Waals surface area contributed by atoms with Crippen LogP contribution in [0.15, 0.2) is 0 Å². The minimum atomic E-state index is 0.0844. The molecule has 4 heteroatoms. The molecule has 0 bridgehead atoms. The number of rotatable bonds is 9. The highest BCUT2D eigenvalue weighted by molar-refractivity contribution is 5.77. The standard InChI is InChI=1S/C14H28N2O2/c1-2-9-15-12-14(17)16-10-6-11-18-13-7-4-3-5-8-13/h13,15H,2-12H2,1H3,(H,16,17). The van der Waals surface area contributed by atoms with Crippen molar-refractivity contribution in [3.8, 4) is 0 Å². The maximum Gasteiger partial charge on any atom is 0.233 e. The normalized spacial score (nSPS) is 16.7. The zero-order chi connectivity index (χ0) is 13.1. The van der Waals surface area contributed by atoms with Gasteiger partial charge in [0.1, 0.15) is 0 Å². The van der Waals surface area contributed by atoms with Crippen molar-refractivity contribution in [3.63, 3.8) is 0 Å². The van der Waals surface area contributed by atoms with Crippen LogP contribution < -0.4 is 10.6 Å². The molecule has 2 N–H and O–H groups in total. The first-order valence-corrected chi connectivity index (χ1v) is 7.42. The van der Waals surface area contributed by atoms with Crippen molar-refractivity contribution in [1.82, 2.24) is 10.6 Å². The van der Waals surface area contributed by atoms with E-state index in [0.717, 1.165) is 32.5 Å². The first kappa shape index (κ1) is 15.4. The van der Waals surface area contributed by atoms with E-state index >= 15 is 0 Å². The van der Waals surface area contributed by atoms with Crippen LogP contribution >= 0.6 is 0 Å². The Kier molecular flexibility index (Phi) is 8.86. The summed E-state index contributed by atoms with van der Waals surface area (Å²) in [5.74, 6) is 0.0844. The molecule has 0 radical (unpaired) electrons. The lowest BCUT2D eigenvalue weighted by Crippen LogP contribution is -2.35. The maximum absolute atomic E-state index is 11.4. The van der Waals surface area contributed by atoms with Gasteiger partial charge in [0.15, 0.2) is 0 Å². The van der Waals surface area contributed by atoms with E-state index in [1.165, 1.54) is 32.1 Å². The third-order valence-electron chi connectivity index (χ3n) is 3.26. The molecule has 0 spiro atoms. The van der Waals surface area contributed by atoms with Gasteiger partial charge in [-0.05, 0) is 32.2 Å². The molecule has 1 amide bonds. The number of hydrogen-bond donors (Lipinski definition) is 2. The van der Waals surface area contributed by atoms with E-state index in [2.05, 4.69) is 17.6 Å². The highest BCUT2D eigenvalue weighted by Gasteiger charge is 2.12. The molecule has 1 aliphatic carbocycles. The van der Waals surface area contributed by atoms with Crippen LogP contribution in [0, 0.1) is 0 Å². The Labute approximate surface area is 111 Å². The Balaban J connectivity index is 1.86. The number of ether oxygens (including phenoxy) is 1. The predicted molar refractivity (Wildman–Crippen MR) is 73.6 cm³/mol. The third-order valence-corrected chi connectivity index (χ3v) is 3.26. The number of carbonyl (C=O) groups is 1. The van der Waals surface area contributed by atoms with Gasteiger partial charge in [-0.2, -0.15) is 0 Å². The van der Waals surface area contributed by atoms with E-state index < -0.39 is 0 Å². The molecule has 0 unspecified atom stereocenters. The average Bonchev–Trinajstić information content (AvgIpc) is 2.40. The van der Waals surface area contributed by atoms with Crippen LogP contribution in [0.2, 0.25) is 0 Å². The van der Waals surface area contributed by atoms with Gasteiger partial charge in [-0.25, -0.2) is 0 Å². The fourth-order valence-electron chi connectivity index (χ4n) is 2.22. The summed E-state index contributed by atoms with van der Waals surface area (Å²) in [5, 5.41) is 5.98. The third kappa shape index (κ3) is 7.67. The minimum absolute atomic E-state index is 0.0844. The second-order valence-corrected chi connectivity index (χ2v) is 5.01. The number of nitrogens with one attached hydrogen (secondary N) is 2. The number of amides is 1. The zero-order valence-corrected chi connectivity index (χ0v) is 11.7. The van der Waals surface area contributed by atoms with Gasteiger partial charge in [0.25, 0.3) is 0 Å². The second kappa shape index (κ2) is 10.3. The van der Waals surface area contributed by atoms with Crippen molar-refractivity contribution < 1.29 is 9.53 Å². The summed E-state index contributed by atoms with van der Waals surface area (Å²) >= 11 is 0. The first-order chi connectivity index (χ1) is 8.83. The predicted octanol–water partition coefficient (Wildman–Crippen LogP) is 1.84. The molecule has 0 heterocycles. The lowest BCUT2D eigenvalue weighted by atomic mass is 9.98. The molecule has 106 valence electrons. The summed E-state index contributed by atoms with van der Waals surface area (Å²) in [6.07, 6.45) is 8.86. The van der Waals surface area contributed by atoms with Gasteiger partial charge >= 0.3 is 0 Å². The first-order valence-electron chi connectivity index (χ1n) is 7.42. The second-order valence-electron chi connectivity index (χ2n) is 5.01. The van der Waals surface area contributed by atoms with Gasteiger partial charge in [-0.15, -0.1) is 0 Å². The molecule has 1 rings (SSSR count). The molecule has 1 aliphatic rings. The van der Waals surface area contributed by atoms with Crippen LogP contribution in [0.5, 0.6) is 0 Å². The lowest BCUT2D eigenvalue weighted by molar-refractivity contribution is -0.120. The fourth-order valence-corrected chi connectivity index (χ4v) is 2.22. The van der Waals surface area contributed by atoms with Gasteiger partial charge < -0.3 is 15.4 Å². The zero-order valence-electron chi connectivity index (χ0n) is 11.7. The quantitative estimate of drug-likeness (QED) is 0.619. The Morgan fingerprint density at radius 1 is 1.22 bits per heavy atom. The van der Waals surface area contributed by atoms with Crippen molar-refractivity contribution in [2.75, 3.05) is 26.2 Å². The van der Waals surface area contributed by atoms with Gasteiger partial charge in [-0.1, -0.05) is 26.2 Å². The smallest absolute Gasteiger partial charge is 0.233 e. The largest absolute Gasteiger partial charge is 0.378 e. The highest BCUT2D eigenvalue weighted by Crippen LogP contribution is 2.20. The monoisotopic (exact) mass is 256 g/mol. The van der Waals surface area contributed by atoms with Crippen LogP contribution in [0.25, 0.3) is 0 Å². The van der Waals surface area contributed by atoms with E-state index in [4.69, 9.17) is 4.74 Å². The Morgan fingerprint density at radius 3 is 2.72 bits per heavy atom. The summed E-state index contributed by atoms with van der Waals surface area (Å²) < 4.78 is 5.80. The molecule has 0 aromatic heterocycles. The van der Waals surface area contributed by atoms with E-state index in [1.54, 1.807) is 0 Å². The van der Waals surface area contributed by atoms with Crippen molar-refractivity contribution in [2.45, 2.75) is 58.0 Å². The molecule has 0 aromatic rings. The van der Waals surface area contributed by atoms with Gasteiger partial charge in [0.2, 0.25) is 5.91 Å². The summed E-state index contributed by atoms with van der Waals surface area (Å²) in [6.45, 7) is 4.91. The van der Waals surface area contributed by atoms with Crippen LogP contribution in [0.3, 0.4) is 0 Å². The van der Waals surface area contributed by atoms with E-state index in [9.17, 15) is 4.79 Å². The van der Waals surface area contributed by atoms with Crippen molar-refractivity contribution >= 4 is 5.91 Å². The molecule has 1 fully saturated rings. The molecule has 0 atom stereocenters. The van der Waals surface area contributed by atoms with E-state index in [0.29, 0.717) is 12.6 Å².